The Morgan fingerprint density at radius 3 is 1.86 bits per heavy atom. The van der Waals surface area contributed by atoms with Crippen LogP contribution in [0.1, 0.15) is 23.0 Å². The van der Waals surface area contributed by atoms with Gasteiger partial charge in [-0.1, -0.05) is 0 Å². The molecule has 0 saturated heterocycles. The van der Waals surface area contributed by atoms with Crippen LogP contribution in [-0.4, -0.2) is 38.9 Å². The first kappa shape index (κ1) is 28.8. The Labute approximate surface area is 219 Å². The molecule has 1 heterocycles. The molecule has 0 unspecified atom stereocenters. The molecule has 4 rings (SSSR count). The molecule has 182 valence electrons. The number of hydrogen-bond donors (Lipinski definition) is 1. The molecule has 2 fully saturated rings. The summed E-state index contributed by atoms with van der Waals surface area (Å²) in [5, 5.41) is 0. The van der Waals surface area contributed by atoms with Crippen molar-refractivity contribution in [3.8, 4) is 28.4 Å². The van der Waals surface area contributed by atoms with Crippen LogP contribution in [0.15, 0.2) is 18.2 Å². The van der Waals surface area contributed by atoms with Crippen LogP contribution < -0.4 is 19.9 Å². The van der Waals surface area contributed by atoms with Crippen molar-refractivity contribution in [1.29, 1.82) is 0 Å². The number of anilines is 1. The second kappa shape index (κ2) is 14.2. The van der Waals surface area contributed by atoms with Crippen LogP contribution in [0, 0.1) is 63.7 Å². The van der Waals surface area contributed by atoms with E-state index < -0.39 is 5.97 Å². The van der Waals surface area contributed by atoms with Gasteiger partial charge in [0.2, 0.25) is 5.75 Å². The average molecular weight is 516 g/mol. The normalized spacial score (nSPS) is 15.0. The van der Waals surface area contributed by atoms with E-state index >= 15 is 0 Å². The monoisotopic (exact) mass is 516 g/mol. The number of ether oxygens (including phenoxy) is 4. The first-order valence-corrected chi connectivity index (χ1v) is 10.7. The summed E-state index contributed by atoms with van der Waals surface area (Å²) in [5.41, 5.74) is 8.25. The molecule has 0 amide bonds. The number of nitrogens with two attached hydrogens (primary N) is 1. The summed E-state index contributed by atoms with van der Waals surface area (Å²) in [4.78, 5) is 17.1. The maximum absolute atomic E-state index is 12.7. The van der Waals surface area contributed by atoms with Gasteiger partial charge in [0, 0.05) is 11.5 Å². The van der Waals surface area contributed by atoms with E-state index in [1.165, 1.54) is 21.3 Å². The summed E-state index contributed by atoms with van der Waals surface area (Å²) in [6, 6.07) is 5.32. The molecule has 0 aliphatic heterocycles. The molecule has 0 bridgehead atoms. The number of rotatable bonds is 7. The van der Waals surface area contributed by atoms with Crippen LogP contribution >= 0.6 is 0 Å². The predicted octanol–water partition coefficient (Wildman–Crippen LogP) is 4.31. The molecule has 7 nitrogen and oxygen atoms in total. The molecule has 2 aliphatic carbocycles. The van der Waals surface area contributed by atoms with Gasteiger partial charge in [0.25, 0.3) is 0 Å². The van der Waals surface area contributed by atoms with Crippen molar-refractivity contribution in [3.63, 3.8) is 0 Å². The van der Waals surface area contributed by atoms with Crippen LogP contribution in [0.2, 0.25) is 0 Å². The molecular formula is C27H28FeN2O5+2. The Hall–Kier alpha value is -2.44. The van der Waals surface area contributed by atoms with Gasteiger partial charge < -0.3 is 24.7 Å². The topological polar surface area (TPSA) is 92.9 Å². The Morgan fingerprint density at radius 1 is 0.857 bits per heavy atom. The minimum Gasteiger partial charge on any atom is -0.493 e. The van der Waals surface area contributed by atoms with E-state index in [2.05, 4.69) is 4.98 Å². The minimum atomic E-state index is -0.546. The third kappa shape index (κ3) is 7.05. The molecule has 2 N–H and O–H groups in total. The van der Waals surface area contributed by atoms with Gasteiger partial charge in [-0.15, -0.1) is 0 Å². The zero-order chi connectivity index (χ0) is 24.5. The first-order chi connectivity index (χ1) is 16.5. The number of nitrogens with zero attached hydrogens (tertiary/aromatic N) is 1. The number of benzene rings is 1. The van der Waals surface area contributed by atoms with E-state index in [1.807, 2.05) is 57.8 Å². The number of aromatic nitrogens is 1. The van der Waals surface area contributed by atoms with E-state index in [0.29, 0.717) is 34.1 Å². The van der Waals surface area contributed by atoms with Crippen molar-refractivity contribution in [3.05, 3.63) is 93.2 Å². The second-order valence-corrected chi connectivity index (χ2v) is 7.09. The zero-order valence-electron chi connectivity index (χ0n) is 20.1. The Morgan fingerprint density at radius 2 is 1.40 bits per heavy atom. The number of carbonyl (C=O) groups is 1. The number of pyridine rings is 1. The third-order valence-electron chi connectivity index (χ3n) is 5.02. The van der Waals surface area contributed by atoms with E-state index in [9.17, 15) is 4.79 Å². The second-order valence-electron chi connectivity index (χ2n) is 7.09. The number of nitrogen functional groups attached to an aromatic ring is 1. The Balaban J connectivity index is 0.000000640. The SMILES string of the molecule is CCOC(=O)c1c(-c2cc(OC)c(OC)c(OC)c2)cc([C]2[CH][CH][CH][CH]2)nc1N.[CH]1[CH][CH][CH][CH]1.[Fe+2]. The van der Waals surface area contributed by atoms with Gasteiger partial charge in [-0.05, 0) is 88.5 Å². The average Bonchev–Trinajstić information content (AvgIpc) is 3.60. The molecule has 2 aromatic rings. The van der Waals surface area contributed by atoms with Gasteiger partial charge in [0.1, 0.15) is 11.4 Å². The molecule has 10 radical (unpaired) electrons. The fourth-order valence-electron chi connectivity index (χ4n) is 3.46. The van der Waals surface area contributed by atoms with Crippen molar-refractivity contribution in [1.82, 2.24) is 4.98 Å². The molecule has 2 saturated carbocycles. The molecule has 0 spiro atoms. The van der Waals surface area contributed by atoms with E-state index in [-0.39, 0.29) is 35.1 Å². The van der Waals surface area contributed by atoms with E-state index in [4.69, 9.17) is 24.7 Å². The summed E-state index contributed by atoms with van der Waals surface area (Å²) >= 11 is 0. The van der Waals surface area contributed by atoms with Crippen LogP contribution in [0.25, 0.3) is 11.1 Å². The van der Waals surface area contributed by atoms with Crippen molar-refractivity contribution < 1.29 is 40.8 Å². The van der Waals surface area contributed by atoms with Crippen LogP contribution in [0.4, 0.5) is 5.82 Å². The number of methoxy groups -OCH3 is 3. The predicted molar refractivity (Wildman–Crippen MR) is 131 cm³/mol. The van der Waals surface area contributed by atoms with Crippen LogP contribution in [-0.2, 0) is 21.8 Å². The molecular weight excluding hydrogens is 488 g/mol. The van der Waals surface area contributed by atoms with E-state index in [1.54, 1.807) is 25.1 Å². The van der Waals surface area contributed by atoms with Crippen LogP contribution in [0.3, 0.4) is 0 Å². The summed E-state index contributed by atoms with van der Waals surface area (Å²) < 4.78 is 21.5. The largest absolute Gasteiger partial charge is 2.00 e. The Bertz CT molecular complexity index is 940. The minimum absolute atomic E-state index is 0. The van der Waals surface area contributed by atoms with Crippen molar-refractivity contribution in [2.75, 3.05) is 33.7 Å². The maximum Gasteiger partial charge on any atom is 2.00 e. The summed E-state index contributed by atoms with van der Waals surface area (Å²) in [7, 11) is 4.59. The molecule has 8 heteroatoms. The number of hydrogen-bond acceptors (Lipinski definition) is 7. The van der Waals surface area contributed by atoms with Crippen LogP contribution in [0.5, 0.6) is 17.2 Å². The molecule has 2 aliphatic rings. The van der Waals surface area contributed by atoms with Gasteiger partial charge in [-0.2, -0.15) is 0 Å². The zero-order valence-corrected chi connectivity index (χ0v) is 21.2. The Kier molecular flexibility index (Phi) is 11.7. The molecule has 35 heavy (non-hydrogen) atoms. The van der Waals surface area contributed by atoms with Crippen molar-refractivity contribution >= 4 is 11.8 Å². The number of esters is 1. The summed E-state index contributed by atoms with van der Waals surface area (Å²) in [5.74, 6) is 1.81. The quantitative estimate of drug-likeness (QED) is 0.433. The molecule has 1 aromatic heterocycles. The molecule has 1 aromatic carbocycles. The van der Waals surface area contributed by atoms with Gasteiger partial charge >= 0.3 is 23.0 Å². The first-order valence-electron chi connectivity index (χ1n) is 10.7. The third-order valence-corrected chi connectivity index (χ3v) is 5.02. The fraction of sp³-hybridized carbons (Fsp3) is 0.185. The van der Waals surface area contributed by atoms with Gasteiger partial charge in [0.15, 0.2) is 11.5 Å². The van der Waals surface area contributed by atoms with Crippen molar-refractivity contribution in [2.24, 2.45) is 0 Å². The van der Waals surface area contributed by atoms with Gasteiger partial charge in [-0.25, -0.2) is 9.78 Å². The maximum atomic E-state index is 12.7. The van der Waals surface area contributed by atoms with Gasteiger partial charge in [-0.3, -0.25) is 0 Å². The molecule has 0 atom stereocenters. The standard InChI is InChI=1S/C22H23N2O5.C5H5.Fe/c1-5-29-22(25)19-15(12-16(24-21(19)23)13-8-6-7-9-13)14-10-17(26-2)20(28-4)18(11-14)27-3;1-2-4-5-3-1;/h6-12H,5H2,1-4H3,(H2,23,24);1-5H;/q;;+2. The number of carbonyl (C=O) groups excluding carboxylic acids is 1. The van der Waals surface area contributed by atoms with E-state index in [0.717, 1.165) is 5.92 Å². The van der Waals surface area contributed by atoms with Crippen molar-refractivity contribution in [2.45, 2.75) is 6.92 Å². The summed E-state index contributed by atoms with van der Waals surface area (Å²) in [6.45, 7) is 1.95. The van der Waals surface area contributed by atoms with Gasteiger partial charge in [0.05, 0.1) is 33.6 Å². The smallest absolute Gasteiger partial charge is 0.493 e. The fourth-order valence-corrected chi connectivity index (χ4v) is 3.46. The summed E-state index contributed by atoms with van der Waals surface area (Å²) in [6.07, 6.45) is 17.7.